The van der Waals surface area contributed by atoms with Crippen LogP contribution in [0.15, 0.2) is 6.07 Å². The minimum atomic E-state index is 0.351. The summed E-state index contributed by atoms with van der Waals surface area (Å²) in [6, 6.07) is 2.74. The highest BCUT2D eigenvalue weighted by Crippen LogP contribution is 2.33. The number of aryl methyl sites for hydroxylation is 1. The number of aromatic nitrogens is 2. The lowest BCUT2D eigenvalue weighted by atomic mass is 10.2. The predicted octanol–water partition coefficient (Wildman–Crippen LogP) is 3.05. The van der Waals surface area contributed by atoms with Gasteiger partial charge in [0.2, 0.25) is 5.28 Å². The molecule has 0 N–H and O–H groups in total. The number of anilines is 1. The van der Waals surface area contributed by atoms with E-state index in [9.17, 15) is 0 Å². The second-order valence-corrected chi connectivity index (χ2v) is 6.83. The van der Waals surface area contributed by atoms with Crippen LogP contribution in [-0.4, -0.2) is 47.6 Å². The van der Waals surface area contributed by atoms with Gasteiger partial charge in [0.05, 0.1) is 5.39 Å². The fourth-order valence-electron chi connectivity index (χ4n) is 2.59. The van der Waals surface area contributed by atoms with E-state index in [1.807, 2.05) is 0 Å². The van der Waals surface area contributed by atoms with Crippen LogP contribution in [0.4, 0.5) is 5.82 Å². The number of thiophene rings is 1. The standard InChI is InChI=1S/C14H19ClN4S/c1-4-10-7-11-12(16-14(15)17-13(11)20-10)19-6-5-18(3)9(2)8-19/h7,9H,4-6,8H2,1-3H3. The van der Waals surface area contributed by atoms with Crippen LogP contribution in [0.3, 0.4) is 0 Å². The first-order valence-electron chi connectivity index (χ1n) is 6.99. The molecule has 108 valence electrons. The molecule has 20 heavy (non-hydrogen) atoms. The molecule has 1 unspecified atom stereocenters. The van der Waals surface area contributed by atoms with E-state index in [0.29, 0.717) is 11.3 Å². The van der Waals surface area contributed by atoms with Gasteiger partial charge in [0.25, 0.3) is 0 Å². The third-order valence-corrected chi connectivity index (χ3v) is 5.35. The van der Waals surface area contributed by atoms with Crippen LogP contribution in [0.1, 0.15) is 18.7 Å². The van der Waals surface area contributed by atoms with E-state index in [4.69, 9.17) is 11.6 Å². The first kappa shape index (κ1) is 14.0. The zero-order valence-electron chi connectivity index (χ0n) is 12.1. The second kappa shape index (κ2) is 5.47. The number of likely N-dealkylation sites (N-methyl/N-ethyl adjacent to an activating group) is 1. The molecule has 3 heterocycles. The van der Waals surface area contributed by atoms with Crippen LogP contribution in [0.2, 0.25) is 5.28 Å². The number of nitrogens with zero attached hydrogens (tertiary/aromatic N) is 4. The van der Waals surface area contributed by atoms with Gasteiger partial charge in [0.15, 0.2) is 0 Å². The van der Waals surface area contributed by atoms with Gasteiger partial charge in [-0.3, -0.25) is 0 Å². The highest BCUT2D eigenvalue weighted by molar-refractivity contribution is 7.18. The number of hydrogen-bond acceptors (Lipinski definition) is 5. The zero-order chi connectivity index (χ0) is 14.3. The molecule has 1 aliphatic heterocycles. The summed E-state index contributed by atoms with van der Waals surface area (Å²) >= 11 is 7.83. The normalized spacial score (nSPS) is 20.8. The van der Waals surface area contributed by atoms with Crippen molar-refractivity contribution in [3.63, 3.8) is 0 Å². The highest BCUT2D eigenvalue weighted by Gasteiger charge is 2.24. The molecule has 4 nitrogen and oxygen atoms in total. The Morgan fingerprint density at radius 1 is 1.40 bits per heavy atom. The predicted molar refractivity (Wildman–Crippen MR) is 86.1 cm³/mol. The van der Waals surface area contributed by atoms with Crippen molar-refractivity contribution < 1.29 is 0 Å². The van der Waals surface area contributed by atoms with Gasteiger partial charge in [-0.05, 0) is 38.1 Å². The minimum absolute atomic E-state index is 0.351. The quantitative estimate of drug-likeness (QED) is 0.798. The molecule has 0 bridgehead atoms. The molecule has 0 aliphatic carbocycles. The number of hydrogen-bond donors (Lipinski definition) is 0. The van der Waals surface area contributed by atoms with Gasteiger partial charge in [0, 0.05) is 30.6 Å². The Morgan fingerprint density at radius 2 is 2.20 bits per heavy atom. The third kappa shape index (κ3) is 2.50. The number of halogens is 1. The summed E-state index contributed by atoms with van der Waals surface area (Å²) in [5.41, 5.74) is 0. The smallest absolute Gasteiger partial charge is 0.225 e. The van der Waals surface area contributed by atoms with Crippen LogP contribution in [0.25, 0.3) is 10.2 Å². The van der Waals surface area contributed by atoms with Gasteiger partial charge in [-0.1, -0.05) is 6.92 Å². The lowest BCUT2D eigenvalue weighted by Gasteiger charge is -2.38. The van der Waals surface area contributed by atoms with Crippen molar-refractivity contribution in [2.75, 3.05) is 31.6 Å². The number of piperazine rings is 1. The van der Waals surface area contributed by atoms with Gasteiger partial charge >= 0.3 is 0 Å². The molecule has 0 radical (unpaired) electrons. The van der Waals surface area contributed by atoms with Crippen molar-refractivity contribution in [3.05, 3.63) is 16.2 Å². The van der Waals surface area contributed by atoms with Crippen molar-refractivity contribution in [2.24, 2.45) is 0 Å². The zero-order valence-corrected chi connectivity index (χ0v) is 13.6. The maximum atomic E-state index is 6.11. The molecular formula is C14H19ClN4S. The van der Waals surface area contributed by atoms with E-state index in [0.717, 1.165) is 42.1 Å². The molecule has 0 spiro atoms. The summed E-state index contributed by atoms with van der Waals surface area (Å²) in [4.78, 5) is 15.9. The average Bonchev–Trinajstić information content (AvgIpc) is 2.83. The molecule has 6 heteroatoms. The molecule has 2 aromatic rings. The topological polar surface area (TPSA) is 32.3 Å². The average molecular weight is 311 g/mol. The Kier molecular flexibility index (Phi) is 3.84. The number of fused-ring (bicyclic) bond motifs is 1. The fraction of sp³-hybridized carbons (Fsp3) is 0.571. The Balaban J connectivity index is 2.03. The molecule has 1 saturated heterocycles. The van der Waals surface area contributed by atoms with Crippen LogP contribution < -0.4 is 4.90 Å². The summed E-state index contributed by atoms with van der Waals surface area (Å²) in [5.74, 6) is 0.996. The Labute approximate surface area is 128 Å². The SMILES string of the molecule is CCc1cc2c(N3CCN(C)C(C)C3)nc(Cl)nc2s1. The monoisotopic (exact) mass is 310 g/mol. The summed E-state index contributed by atoms with van der Waals surface area (Å²) in [5, 5.41) is 1.50. The molecule has 3 rings (SSSR count). The third-order valence-electron chi connectivity index (χ3n) is 4.00. The summed E-state index contributed by atoms with van der Waals surface area (Å²) in [6.45, 7) is 7.43. The van der Waals surface area contributed by atoms with Crippen molar-refractivity contribution in [1.29, 1.82) is 0 Å². The largest absolute Gasteiger partial charge is 0.353 e. The van der Waals surface area contributed by atoms with E-state index < -0.39 is 0 Å². The van der Waals surface area contributed by atoms with E-state index in [1.165, 1.54) is 4.88 Å². The van der Waals surface area contributed by atoms with Crippen molar-refractivity contribution in [1.82, 2.24) is 14.9 Å². The van der Waals surface area contributed by atoms with E-state index in [-0.39, 0.29) is 0 Å². The van der Waals surface area contributed by atoms with Crippen LogP contribution in [0, 0.1) is 0 Å². The van der Waals surface area contributed by atoms with E-state index in [2.05, 4.69) is 46.7 Å². The maximum Gasteiger partial charge on any atom is 0.225 e. The molecule has 1 aliphatic rings. The van der Waals surface area contributed by atoms with Crippen molar-refractivity contribution in [3.8, 4) is 0 Å². The van der Waals surface area contributed by atoms with E-state index in [1.54, 1.807) is 11.3 Å². The van der Waals surface area contributed by atoms with Gasteiger partial charge < -0.3 is 9.80 Å². The molecule has 1 fully saturated rings. The second-order valence-electron chi connectivity index (χ2n) is 5.38. The van der Waals surface area contributed by atoms with Gasteiger partial charge in [-0.25, -0.2) is 4.98 Å². The molecular weight excluding hydrogens is 292 g/mol. The number of rotatable bonds is 2. The summed E-state index contributed by atoms with van der Waals surface area (Å²) in [7, 11) is 2.17. The lowest BCUT2D eigenvalue weighted by molar-refractivity contribution is 0.233. The first-order valence-corrected chi connectivity index (χ1v) is 8.19. The van der Waals surface area contributed by atoms with Crippen molar-refractivity contribution >= 4 is 39.0 Å². The van der Waals surface area contributed by atoms with Crippen LogP contribution in [0.5, 0.6) is 0 Å². The molecule has 0 aromatic carbocycles. The molecule has 1 atom stereocenters. The van der Waals surface area contributed by atoms with Crippen molar-refractivity contribution in [2.45, 2.75) is 26.3 Å². The molecule has 0 amide bonds. The summed E-state index contributed by atoms with van der Waals surface area (Å²) in [6.07, 6.45) is 1.03. The van der Waals surface area contributed by atoms with Gasteiger partial charge in [-0.15, -0.1) is 11.3 Å². The molecule has 2 aromatic heterocycles. The Hall–Kier alpha value is -0.910. The van der Waals surface area contributed by atoms with Gasteiger partial charge in [0.1, 0.15) is 10.6 Å². The Morgan fingerprint density at radius 3 is 2.90 bits per heavy atom. The first-order chi connectivity index (χ1) is 9.58. The maximum absolute atomic E-state index is 6.11. The Bertz CT molecular complexity index is 627. The lowest BCUT2D eigenvalue weighted by Crippen LogP contribution is -2.50. The fourth-order valence-corrected chi connectivity index (χ4v) is 3.76. The minimum Gasteiger partial charge on any atom is -0.353 e. The van der Waals surface area contributed by atoms with E-state index >= 15 is 0 Å². The summed E-state index contributed by atoms with van der Waals surface area (Å²) < 4.78 is 0. The van der Waals surface area contributed by atoms with Crippen LogP contribution >= 0.6 is 22.9 Å². The van der Waals surface area contributed by atoms with Gasteiger partial charge in [-0.2, -0.15) is 4.98 Å². The van der Waals surface area contributed by atoms with Crippen LogP contribution in [-0.2, 0) is 6.42 Å². The highest BCUT2D eigenvalue weighted by atomic mass is 35.5. The molecule has 0 saturated carbocycles.